The Bertz CT molecular complexity index is 704. The normalized spacial score (nSPS) is 12.1. The molecule has 1 aromatic heterocycles. The molecule has 2 rings (SSSR count). The Hall–Kier alpha value is -2.08. The Labute approximate surface area is 132 Å². The highest BCUT2D eigenvalue weighted by molar-refractivity contribution is 7.20. The van der Waals surface area contributed by atoms with Crippen LogP contribution in [0.1, 0.15) is 29.4 Å². The number of Topliss-reactive ketones (excluding diaryl/α,β-unsaturated/α-hetero) is 1. The third-order valence-electron chi connectivity index (χ3n) is 3.55. The fourth-order valence-corrected chi connectivity index (χ4v) is 3.26. The second-order valence-electron chi connectivity index (χ2n) is 4.93. The van der Waals surface area contributed by atoms with Crippen molar-refractivity contribution in [2.45, 2.75) is 19.8 Å². The summed E-state index contributed by atoms with van der Waals surface area (Å²) in [6, 6.07) is 4.99. The van der Waals surface area contributed by atoms with Crippen LogP contribution in [0.25, 0.3) is 10.1 Å². The summed E-state index contributed by atoms with van der Waals surface area (Å²) in [7, 11) is 2.80. The first-order valence-electron chi connectivity index (χ1n) is 6.91. The van der Waals surface area contributed by atoms with Crippen LogP contribution in [0, 0.1) is 5.92 Å². The smallest absolute Gasteiger partial charge is 0.309 e. The molecule has 1 N–H and O–H groups in total. The van der Waals surface area contributed by atoms with Crippen LogP contribution in [-0.4, -0.2) is 31.1 Å². The van der Waals surface area contributed by atoms with Gasteiger partial charge in [-0.05, 0) is 23.9 Å². The van der Waals surface area contributed by atoms with E-state index in [1.807, 2.05) is 6.92 Å². The molecule has 0 saturated heterocycles. The first kappa shape index (κ1) is 16.3. The number of esters is 1. The van der Waals surface area contributed by atoms with Gasteiger partial charge in [0.05, 0.1) is 25.0 Å². The molecule has 22 heavy (non-hydrogen) atoms. The standard InChI is InChI=1S/C16H18O5S/c1-4-9(16(19)21-3)5-12(18)15-7-10-6-11(17)13(20-2)8-14(10)22-15/h6-9,17H,4-5H2,1-3H3. The second-order valence-corrected chi connectivity index (χ2v) is 6.01. The number of methoxy groups -OCH3 is 2. The number of ketones is 1. The molecule has 5 nitrogen and oxygen atoms in total. The van der Waals surface area contributed by atoms with Crippen LogP contribution in [0.4, 0.5) is 0 Å². The number of phenolic OH excluding ortho intramolecular Hbond substituents is 1. The number of benzene rings is 1. The van der Waals surface area contributed by atoms with E-state index in [2.05, 4.69) is 0 Å². The molecular formula is C16H18O5S. The lowest BCUT2D eigenvalue weighted by atomic mass is 9.99. The van der Waals surface area contributed by atoms with E-state index >= 15 is 0 Å². The van der Waals surface area contributed by atoms with Gasteiger partial charge in [0.15, 0.2) is 17.3 Å². The van der Waals surface area contributed by atoms with Crippen molar-refractivity contribution in [3.63, 3.8) is 0 Å². The van der Waals surface area contributed by atoms with Gasteiger partial charge in [-0.15, -0.1) is 11.3 Å². The van der Waals surface area contributed by atoms with Gasteiger partial charge in [-0.1, -0.05) is 6.92 Å². The maximum atomic E-state index is 12.4. The number of aromatic hydroxyl groups is 1. The third kappa shape index (κ3) is 3.22. The summed E-state index contributed by atoms with van der Waals surface area (Å²) in [5.74, 6) is -0.485. The van der Waals surface area contributed by atoms with Crippen molar-refractivity contribution in [2.75, 3.05) is 14.2 Å². The van der Waals surface area contributed by atoms with E-state index in [1.54, 1.807) is 18.2 Å². The molecule has 0 amide bonds. The average molecular weight is 322 g/mol. The zero-order chi connectivity index (χ0) is 16.3. The van der Waals surface area contributed by atoms with Gasteiger partial charge in [0, 0.05) is 17.2 Å². The van der Waals surface area contributed by atoms with Gasteiger partial charge in [-0.3, -0.25) is 9.59 Å². The van der Waals surface area contributed by atoms with Crippen molar-refractivity contribution < 1.29 is 24.2 Å². The topological polar surface area (TPSA) is 72.8 Å². The van der Waals surface area contributed by atoms with Crippen LogP contribution in [0.2, 0.25) is 0 Å². The maximum Gasteiger partial charge on any atom is 0.309 e. The highest BCUT2D eigenvalue weighted by atomic mass is 32.1. The molecule has 0 aliphatic carbocycles. The molecule has 1 atom stereocenters. The highest BCUT2D eigenvalue weighted by Crippen LogP contribution is 2.36. The van der Waals surface area contributed by atoms with Gasteiger partial charge in [0.25, 0.3) is 0 Å². The zero-order valence-electron chi connectivity index (χ0n) is 12.7. The van der Waals surface area contributed by atoms with Crippen LogP contribution in [-0.2, 0) is 9.53 Å². The van der Waals surface area contributed by atoms with Gasteiger partial charge < -0.3 is 14.6 Å². The fourth-order valence-electron chi connectivity index (χ4n) is 2.24. The number of ether oxygens (including phenoxy) is 2. The first-order chi connectivity index (χ1) is 10.5. The summed E-state index contributed by atoms with van der Waals surface area (Å²) in [6.45, 7) is 1.85. The van der Waals surface area contributed by atoms with Crippen molar-refractivity contribution >= 4 is 33.2 Å². The van der Waals surface area contributed by atoms with Crippen LogP contribution in [0.5, 0.6) is 11.5 Å². The molecule has 6 heteroatoms. The highest BCUT2D eigenvalue weighted by Gasteiger charge is 2.22. The SMILES string of the molecule is CCC(CC(=O)c1cc2cc(O)c(OC)cc2s1)C(=O)OC. The number of phenols is 1. The lowest BCUT2D eigenvalue weighted by molar-refractivity contribution is -0.145. The molecule has 1 aromatic carbocycles. The molecule has 0 spiro atoms. The van der Waals surface area contributed by atoms with E-state index in [0.29, 0.717) is 17.0 Å². The predicted octanol–water partition coefficient (Wildman–Crippen LogP) is 3.39. The lowest BCUT2D eigenvalue weighted by Crippen LogP contribution is -2.18. The Morgan fingerprint density at radius 3 is 2.59 bits per heavy atom. The molecular weight excluding hydrogens is 304 g/mol. The number of rotatable bonds is 6. The largest absolute Gasteiger partial charge is 0.504 e. The average Bonchev–Trinajstić information content (AvgIpc) is 2.93. The monoisotopic (exact) mass is 322 g/mol. The summed E-state index contributed by atoms with van der Waals surface area (Å²) < 4.78 is 10.6. The quantitative estimate of drug-likeness (QED) is 0.652. The number of thiophene rings is 1. The molecule has 2 aromatic rings. The van der Waals surface area contributed by atoms with Crippen molar-refractivity contribution in [1.82, 2.24) is 0 Å². The molecule has 0 bridgehead atoms. The first-order valence-corrected chi connectivity index (χ1v) is 7.73. The van der Waals surface area contributed by atoms with E-state index in [1.165, 1.54) is 25.6 Å². The zero-order valence-corrected chi connectivity index (χ0v) is 13.5. The summed E-state index contributed by atoms with van der Waals surface area (Å²) in [6.07, 6.45) is 0.678. The van der Waals surface area contributed by atoms with Gasteiger partial charge >= 0.3 is 5.97 Å². The van der Waals surface area contributed by atoms with Gasteiger partial charge in [0.1, 0.15) is 0 Å². The number of carbonyl (C=O) groups excluding carboxylic acids is 2. The summed E-state index contributed by atoms with van der Waals surface area (Å²) in [5.41, 5.74) is 0. The Morgan fingerprint density at radius 1 is 1.27 bits per heavy atom. The lowest BCUT2D eigenvalue weighted by Gasteiger charge is -2.10. The summed E-state index contributed by atoms with van der Waals surface area (Å²) >= 11 is 1.32. The van der Waals surface area contributed by atoms with Gasteiger partial charge in [-0.25, -0.2) is 0 Å². The molecule has 0 aliphatic heterocycles. The maximum absolute atomic E-state index is 12.4. The number of carbonyl (C=O) groups is 2. The second kappa shape index (κ2) is 6.79. The summed E-state index contributed by atoms with van der Waals surface area (Å²) in [5, 5.41) is 10.6. The Kier molecular flexibility index (Phi) is 5.03. The fraction of sp³-hybridized carbons (Fsp3) is 0.375. The minimum absolute atomic E-state index is 0.0350. The van der Waals surface area contributed by atoms with Crippen LogP contribution >= 0.6 is 11.3 Å². The van der Waals surface area contributed by atoms with Gasteiger partial charge in [0.2, 0.25) is 0 Å². The number of hydrogen-bond donors (Lipinski definition) is 1. The molecule has 0 aliphatic rings. The molecule has 0 fully saturated rings. The van der Waals surface area contributed by atoms with E-state index in [9.17, 15) is 14.7 Å². The van der Waals surface area contributed by atoms with Crippen LogP contribution < -0.4 is 4.74 Å². The van der Waals surface area contributed by atoms with E-state index in [-0.39, 0.29) is 23.9 Å². The number of hydrogen-bond acceptors (Lipinski definition) is 6. The molecule has 1 heterocycles. The minimum atomic E-state index is -0.425. The third-order valence-corrected chi connectivity index (χ3v) is 4.69. The molecule has 0 radical (unpaired) electrons. The van der Waals surface area contributed by atoms with Crippen molar-refractivity contribution in [3.8, 4) is 11.5 Å². The predicted molar refractivity (Wildman–Crippen MR) is 84.8 cm³/mol. The van der Waals surface area contributed by atoms with E-state index < -0.39 is 5.92 Å². The molecule has 0 saturated carbocycles. The van der Waals surface area contributed by atoms with Crippen molar-refractivity contribution in [2.24, 2.45) is 5.92 Å². The Morgan fingerprint density at radius 2 is 2.00 bits per heavy atom. The minimum Gasteiger partial charge on any atom is -0.504 e. The van der Waals surface area contributed by atoms with E-state index in [0.717, 1.165) is 10.1 Å². The van der Waals surface area contributed by atoms with Gasteiger partial charge in [-0.2, -0.15) is 0 Å². The molecule has 118 valence electrons. The number of fused-ring (bicyclic) bond motifs is 1. The Balaban J connectivity index is 2.27. The van der Waals surface area contributed by atoms with Crippen LogP contribution in [0.3, 0.4) is 0 Å². The van der Waals surface area contributed by atoms with Crippen LogP contribution in [0.15, 0.2) is 18.2 Å². The molecule has 1 unspecified atom stereocenters. The van der Waals surface area contributed by atoms with Crippen molar-refractivity contribution in [3.05, 3.63) is 23.1 Å². The van der Waals surface area contributed by atoms with Crippen molar-refractivity contribution in [1.29, 1.82) is 0 Å². The summed E-state index contributed by atoms with van der Waals surface area (Å²) in [4.78, 5) is 24.5. The van der Waals surface area contributed by atoms with E-state index in [4.69, 9.17) is 9.47 Å².